The van der Waals surface area contributed by atoms with Crippen LogP contribution < -0.4 is 11.1 Å². The van der Waals surface area contributed by atoms with E-state index in [-0.39, 0.29) is 28.5 Å². The van der Waals surface area contributed by atoms with Gasteiger partial charge in [0.1, 0.15) is 11.6 Å². The lowest BCUT2D eigenvalue weighted by atomic mass is 9.86. The molecule has 2 aromatic carbocycles. The molecule has 4 rings (SSSR count). The maximum absolute atomic E-state index is 14.8. The van der Waals surface area contributed by atoms with Gasteiger partial charge in [0.25, 0.3) is 5.56 Å². The highest BCUT2D eigenvalue weighted by Gasteiger charge is 2.19. The molecule has 2 heterocycles. The van der Waals surface area contributed by atoms with Gasteiger partial charge < -0.3 is 4.98 Å². The number of benzene rings is 2. The summed E-state index contributed by atoms with van der Waals surface area (Å²) in [7, 11) is 0. The van der Waals surface area contributed by atoms with E-state index in [0.717, 1.165) is 10.2 Å². The molecule has 0 radical (unpaired) electrons. The molecule has 0 saturated carbocycles. The van der Waals surface area contributed by atoms with Gasteiger partial charge in [0, 0.05) is 23.2 Å². The zero-order valence-corrected chi connectivity index (χ0v) is 17.4. The normalized spacial score (nSPS) is 11.8. The Morgan fingerprint density at radius 1 is 0.968 bits per heavy atom. The summed E-state index contributed by atoms with van der Waals surface area (Å²) < 4.78 is 30.5. The largest absolute Gasteiger partial charge is 0.329 e. The van der Waals surface area contributed by atoms with Crippen LogP contribution in [0.15, 0.2) is 64.4 Å². The van der Waals surface area contributed by atoms with Crippen LogP contribution in [0.1, 0.15) is 31.9 Å². The molecule has 2 aromatic heterocycles. The molecule has 7 heteroatoms. The lowest BCUT2D eigenvalue weighted by Gasteiger charge is -2.19. The molecule has 0 atom stereocenters. The molecule has 0 saturated heterocycles. The Balaban J connectivity index is 1.72. The third-order valence-electron chi connectivity index (χ3n) is 5.25. The number of pyridine rings is 1. The van der Waals surface area contributed by atoms with Gasteiger partial charge in [0.15, 0.2) is 0 Å². The molecular weight excluding hydrogens is 400 g/mol. The second-order valence-electron chi connectivity index (χ2n) is 8.53. The van der Waals surface area contributed by atoms with Crippen molar-refractivity contribution in [3.63, 3.8) is 0 Å². The average molecular weight is 421 g/mol. The Morgan fingerprint density at radius 2 is 1.71 bits per heavy atom. The Kier molecular flexibility index (Phi) is 5.05. The van der Waals surface area contributed by atoms with Gasteiger partial charge in [-0.15, -0.1) is 0 Å². The second kappa shape index (κ2) is 7.58. The molecule has 0 bridgehead atoms. The molecule has 0 amide bonds. The van der Waals surface area contributed by atoms with Gasteiger partial charge in [0.2, 0.25) is 5.56 Å². The topological polar surface area (TPSA) is 67.8 Å². The van der Waals surface area contributed by atoms with Crippen LogP contribution in [-0.4, -0.2) is 14.8 Å². The molecule has 0 fully saturated rings. The third kappa shape index (κ3) is 4.03. The monoisotopic (exact) mass is 421 g/mol. The quantitative estimate of drug-likeness (QED) is 0.534. The summed E-state index contributed by atoms with van der Waals surface area (Å²) in [5.41, 5.74) is 0.920. The van der Waals surface area contributed by atoms with Crippen LogP contribution in [0.25, 0.3) is 21.9 Å². The fourth-order valence-electron chi connectivity index (χ4n) is 3.46. The lowest BCUT2D eigenvalue weighted by Crippen LogP contribution is -2.25. The minimum absolute atomic E-state index is 0.0662. The molecular formula is C24H21F2N3O2. The van der Waals surface area contributed by atoms with E-state index in [1.165, 1.54) is 36.7 Å². The van der Waals surface area contributed by atoms with Crippen molar-refractivity contribution in [2.75, 3.05) is 0 Å². The summed E-state index contributed by atoms with van der Waals surface area (Å²) in [5, 5.41) is 4.47. The van der Waals surface area contributed by atoms with Crippen LogP contribution in [0.5, 0.6) is 0 Å². The van der Waals surface area contributed by atoms with Gasteiger partial charge >= 0.3 is 0 Å². The highest BCUT2D eigenvalue weighted by Crippen LogP contribution is 2.27. The van der Waals surface area contributed by atoms with Gasteiger partial charge in [-0.2, -0.15) is 5.10 Å². The summed E-state index contributed by atoms with van der Waals surface area (Å²) in [4.78, 5) is 26.8. The van der Waals surface area contributed by atoms with E-state index in [9.17, 15) is 18.4 Å². The first kappa shape index (κ1) is 20.7. The van der Waals surface area contributed by atoms with Gasteiger partial charge in [-0.05, 0) is 46.4 Å². The van der Waals surface area contributed by atoms with Crippen LogP contribution in [-0.2, 0) is 12.0 Å². The summed E-state index contributed by atoms with van der Waals surface area (Å²) in [6.45, 7) is 5.73. The van der Waals surface area contributed by atoms with E-state index in [4.69, 9.17) is 0 Å². The smallest absolute Gasteiger partial charge is 0.277 e. The molecule has 1 N–H and O–H groups in total. The van der Waals surface area contributed by atoms with Crippen LogP contribution in [0.3, 0.4) is 0 Å². The van der Waals surface area contributed by atoms with E-state index in [1.54, 1.807) is 18.2 Å². The molecule has 0 spiro atoms. The van der Waals surface area contributed by atoms with Gasteiger partial charge in [-0.3, -0.25) is 9.59 Å². The van der Waals surface area contributed by atoms with Crippen molar-refractivity contribution in [2.45, 2.75) is 32.7 Å². The molecule has 0 aliphatic rings. The number of fused-ring (bicyclic) bond motifs is 1. The molecule has 0 unspecified atom stereocenters. The SMILES string of the molecule is CC(C)(C)c1cc(F)c2c(=O)n(Cc3ccc(-c4cc[nH]c(=O)c4)cc3F)ncc2c1. The number of halogens is 2. The van der Waals surface area contributed by atoms with Crippen molar-refractivity contribution in [3.8, 4) is 11.1 Å². The Bertz CT molecular complexity index is 1420. The van der Waals surface area contributed by atoms with Gasteiger partial charge in [-0.1, -0.05) is 32.9 Å². The molecule has 4 aromatic rings. The van der Waals surface area contributed by atoms with E-state index in [1.807, 2.05) is 20.8 Å². The predicted molar refractivity (Wildman–Crippen MR) is 116 cm³/mol. The molecule has 158 valence electrons. The maximum Gasteiger partial charge on any atom is 0.277 e. The molecule has 0 aliphatic heterocycles. The number of hydrogen-bond donors (Lipinski definition) is 1. The maximum atomic E-state index is 14.8. The molecule has 0 aliphatic carbocycles. The number of aromatic amines is 1. The first-order chi connectivity index (χ1) is 14.6. The fraction of sp³-hybridized carbons (Fsp3) is 0.208. The number of nitrogens with one attached hydrogen (secondary N) is 1. The van der Waals surface area contributed by atoms with Crippen LogP contribution in [0.2, 0.25) is 0 Å². The number of H-pyrrole nitrogens is 1. The fourth-order valence-corrected chi connectivity index (χ4v) is 3.46. The molecule has 5 nitrogen and oxygen atoms in total. The Morgan fingerprint density at radius 3 is 2.39 bits per heavy atom. The third-order valence-corrected chi connectivity index (χ3v) is 5.25. The van der Waals surface area contributed by atoms with E-state index >= 15 is 0 Å². The first-order valence-corrected chi connectivity index (χ1v) is 9.81. The zero-order chi connectivity index (χ0) is 22.3. The van der Waals surface area contributed by atoms with Crippen molar-refractivity contribution in [1.29, 1.82) is 0 Å². The first-order valence-electron chi connectivity index (χ1n) is 9.81. The number of hydrogen-bond acceptors (Lipinski definition) is 3. The average Bonchev–Trinajstić information content (AvgIpc) is 2.70. The van der Waals surface area contributed by atoms with Crippen molar-refractivity contribution >= 4 is 10.8 Å². The minimum atomic E-state index is -0.617. The second-order valence-corrected chi connectivity index (χ2v) is 8.53. The van der Waals surface area contributed by atoms with Crippen molar-refractivity contribution in [3.05, 3.63) is 98.3 Å². The molecule has 31 heavy (non-hydrogen) atoms. The van der Waals surface area contributed by atoms with E-state index < -0.39 is 17.2 Å². The van der Waals surface area contributed by atoms with Crippen LogP contribution >= 0.6 is 0 Å². The highest BCUT2D eigenvalue weighted by atomic mass is 19.1. The standard InChI is InChI=1S/C24H21F2N3O2/c1-24(2,3)18-8-17-12-28-29(23(31)22(17)20(26)11-18)13-16-5-4-14(9-19(16)25)15-6-7-27-21(30)10-15/h4-12H,13H2,1-3H3,(H,27,30). The zero-order valence-electron chi connectivity index (χ0n) is 17.4. The van der Waals surface area contributed by atoms with Gasteiger partial charge in [0.05, 0.1) is 18.1 Å². The van der Waals surface area contributed by atoms with Crippen molar-refractivity contribution < 1.29 is 8.78 Å². The summed E-state index contributed by atoms with van der Waals surface area (Å²) in [6.07, 6.45) is 2.92. The van der Waals surface area contributed by atoms with E-state index in [2.05, 4.69) is 10.1 Å². The van der Waals surface area contributed by atoms with E-state index in [0.29, 0.717) is 16.5 Å². The lowest BCUT2D eigenvalue weighted by molar-refractivity contribution is 0.567. The highest BCUT2D eigenvalue weighted by molar-refractivity contribution is 5.82. The predicted octanol–water partition coefficient (Wildman–Crippen LogP) is 4.38. The summed E-state index contributed by atoms with van der Waals surface area (Å²) in [5.74, 6) is -1.16. The summed E-state index contributed by atoms with van der Waals surface area (Å²) in [6, 6.07) is 10.7. The van der Waals surface area contributed by atoms with Crippen LogP contribution in [0.4, 0.5) is 8.78 Å². The Hall–Kier alpha value is -3.61. The number of rotatable bonds is 3. The Labute approximate surface area is 177 Å². The van der Waals surface area contributed by atoms with Gasteiger partial charge in [-0.25, -0.2) is 13.5 Å². The number of nitrogens with zero attached hydrogens (tertiary/aromatic N) is 2. The van der Waals surface area contributed by atoms with Crippen molar-refractivity contribution in [1.82, 2.24) is 14.8 Å². The van der Waals surface area contributed by atoms with Crippen LogP contribution in [0, 0.1) is 11.6 Å². The summed E-state index contributed by atoms with van der Waals surface area (Å²) >= 11 is 0. The van der Waals surface area contributed by atoms with Crippen molar-refractivity contribution in [2.24, 2.45) is 0 Å². The minimum Gasteiger partial charge on any atom is -0.329 e. The number of aromatic nitrogens is 3.